The normalized spacial score (nSPS) is 11.8. The van der Waals surface area contributed by atoms with Crippen molar-refractivity contribution in [1.29, 1.82) is 5.26 Å². The summed E-state index contributed by atoms with van der Waals surface area (Å²) in [6, 6.07) is 7.13. The molecule has 3 aromatic heterocycles. The zero-order valence-corrected chi connectivity index (χ0v) is 15.2. The first kappa shape index (κ1) is 16.4. The lowest BCUT2D eigenvalue weighted by molar-refractivity contribution is 0.0909. The molecule has 0 aliphatic carbocycles. The maximum atomic E-state index is 9.07. The van der Waals surface area contributed by atoms with E-state index in [1.165, 1.54) is 0 Å². The Morgan fingerprint density at radius 1 is 1.29 bits per heavy atom. The highest BCUT2D eigenvalue weighted by molar-refractivity contribution is 6.76. The van der Waals surface area contributed by atoms with Crippen LogP contribution in [-0.4, -0.2) is 34.4 Å². The van der Waals surface area contributed by atoms with Gasteiger partial charge in [0.05, 0.1) is 17.5 Å². The fourth-order valence-electron chi connectivity index (χ4n) is 2.50. The molecule has 0 bridgehead atoms. The van der Waals surface area contributed by atoms with Gasteiger partial charge in [-0.3, -0.25) is 5.10 Å². The molecule has 7 heteroatoms. The lowest BCUT2D eigenvalue weighted by atomic mass is 10.2. The number of ether oxygens (including phenoxy) is 1. The summed E-state index contributed by atoms with van der Waals surface area (Å²) < 4.78 is 7.95. The number of rotatable bonds is 6. The standard InChI is InChI=1S/C17H21N5OSi/c1-24(2,3)5-4-23-12-22-16(15-10-20-21-11-15)7-14-6-13(8-18)9-19-17(14)22/h6-7,9-11H,4-5,12H2,1-3H3,(H,20,21). The van der Waals surface area contributed by atoms with Gasteiger partial charge in [0.25, 0.3) is 0 Å². The van der Waals surface area contributed by atoms with E-state index in [-0.39, 0.29) is 0 Å². The molecule has 0 aliphatic rings. The quantitative estimate of drug-likeness (QED) is 0.549. The number of aromatic nitrogens is 4. The van der Waals surface area contributed by atoms with Crippen LogP contribution >= 0.6 is 0 Å². The lowest BCUT2D eigenvalue weighted by Gasteiger charge is -2.16. The number of H-pyrrole nitrogens is 1. The van der Waals surface area contributed by atoms with Gasteiger partial charge in [0, 0.05) is 38.0 Å². The van der Waals surface area contributed by atoms with Crippen LogP contribution in [0.5, 0.6) is 0 Å². The van der Waals surface area contributed by atoms with Gasteiger partial charge in [0.2, 0.25) is 0 Å². The summed E-state index contributed by atoms with van der Waals surface area (Å²) in [5, 5.41) is 16.9. The summed E-state index contributed by atoms with van der Waals surface area (Å²) in [6.45, 7) is 8.19. The number of fused-ring (bicyclic) bond motifs is 1. The molecular formula is C17H21N5OSi. The van der Waals surface area contributed by atoms with Gasteiger partial charge in [-0.05, 0) is 18.2 Å². The average molecular weight is 339 g/mol. The minimum Gasteiger partial charge on any atom is -0.361 e. The number of nitrogens with zero attached hydrogens (tertiary/aromatic N) is 4. The Morgan fingerprint density at radius 2 is 2.12 bits per heavy atom. The molecule has 3 rings (SSSR count). The molecule has 0 saturated carbocycles. The van der Waals surface area contributed by atoms with Crippen molar-refractivity contribution >= 4 is 19.1 Å². The summed E-state index contributed by atoms with van der Waals surface area (Å²) in [5.74, 6) is 0. The molecule has 0 atom stereocenters. The van der Waals surface area contributed by atoms with Crippen molar-refractivity contribution in [3.05, 3.63) is 36.3 Å². The van der Waals surface area contributed by atoms with E-state index in [0.29, 0.717) is 12.3 Å². The van der Waals surface area contributed by atoms with Crippen molar-refractivity contribution in [3.63, 3.8) is 0 Å². The van der Waals surface area contributed by atoms with Crippen LogP contribution in [0.4, 0.5) is 0 Å². The summed E-state index contributed by atoms with van der Waals surface area (Å²) in [7, 11) is -1.11. The largest absolute Gasteiger partial charge is 0.361 e. The van der Waals surface area contributed by atoms with E-state index in [4.69, 9.17) is 10.00 Å². The molecule has 3 heterocycles. The predicted octanol–water partition coefficient (Wildman–Crippen LogP) is 3.61. The monoisotopic (exact) mass is 339 g/mol. The van der Waals surface area contributed by atoms with E-state index >= 15 is 0 Å². The topological polar surface area (TPSA) is 79.5 Å². The third kappa shape index (κ3) is 3.55. The number of pyridine rings is 1. The zero-order chi connectivity index (χ0) is 17.2. The van der Waals surface area contributed by atoms with E-state index < -0.39 is 8.07 Å². The molecule has 124 valence electrons. The molecule has 1 N–H and O–H groups in total. The van der Waals surface area contributed by atoms with E-state index in [0.717, 1.165) is 34.9 Å². The number of aromatic amines is 1. The van der Waals surface area contributed by atoms with Crippen LogP contribution in [-0.2, 0) is 11.5 Å². The Hall–Kier alpha value is -2.43. The van der Waals surface area contributed by atoms with Crippen LogP contribution in [0, 0.1) is 11.3 Å². The van der Waals surface area contributed by atoms with Gasteiger partial charge in [0.15, 0.2) is 0 Å². The molecule has 0 spiro atoms. The maximum absolute atomic E-state index is 9.07. The summed E-state index contributed by atoms with van der Waals surface area (Å²) in [5.41, 5.74) is 3.32. The van der Waals surface area contributed by atoms with Gasteiger partial charge in [-0.15, -0.1) is 0 Å². The summed E-state index contributed by atoms with van der Waals surface area (Å²) in [6.07, 6.45) is 5.22. The third-order valence-electron chi connectivity index (χ3n) is 3.87. The van der Waals surface area contributed by atoms with E-state index in [1.807, 2.05) is 22.9 Å². The maximum Gasteiger partial charge on any atom is 0.142 e. The van der Waals surface area contributed by atoms with Gasteiger partial charge in [-0.1, -0.05) is 19.6 Å². The lowest BCUT2D eigenvalue weighted by Crippen LogP contribution is -2.22. The summed E-state index contributed by atoms with van der Waals surface area (Å²) >= 11 is 0. The van der Waals surface area contributed by atoms with Crippen LogP contribution in [0.25, 0.3) is 22.3 Å². The highest BCUT2D eigenvalue weighted by Crippen LogP contribution is 2.27. The SMILES string of the molecule is C[Si](C)(C)CCOCn1c(-c2cn[nH]c2)cc2cc(C#N)cnc21. The number of nitrogens with one attached hydrogen (secondary N) is 1. The van der Waals surface area contributed by atoms with Crippen molar-refractivity contribution in [2.75, 3.05) is 6.61 Å². The fourth-order valence-corrected chi connectivity index (χ4v) is 3.26. The minimum atomic E-state index is -1.11. The molecule has 6 nitrogen and oxygen atoms in total. The average Bonchev–Trinajstić information content (AvgIpc) is 3.17. The van der Waals surface area contributed by atoms with Crippen molar-refractivity contribution in [3.8, 4) is 17.3 Å². The van der Waals surface area contributed by atoms with Crippen LogP contribution in [0.2, 0.25) is 25.7 Å². The Kier molecular flexibility index (Phi) is 4.51. The van der Waals surface area contributed by atoms with Crippen molar-refractivity contribution in [2.45, 2.75) is 32.4 Å². The van der Waals surface area contributed by atoms with E-state index in [9.17, 15) is 0 Å². The second kappa shape index (κ2) is 6.59. The second-order valence-corrected chi connectivity index (χ2v) is 12.7. The minimum absolute atomic E-state index is 0.438. The van der Waals surface area contributed by atoms with Crippen molar-refractivity contribution in [1.82, 2.24) is 19.7 Å². The van der Waals surface area contributed by atoms with Gasteiger partial charge in [-0.2, -0.15) is 10.4 Å². The van der Waals surface area contributed by atoms with E-state index in [2.05, 4.69) is 40.9 Å². The van der Waals surface area contributed by atoms with Crippen LogP contribution < -0.4 is 0 Å². The molecule has 0 radical (unpaired) electrons. The Balaban J connectivity index is 1.92. The molecule has 0 aliphatic heterocycles. The number of hydrogen-bond donors (Lipinski definition) is 1. The first-order valence-corrected chi connectivity index (χ1v) is 11.6. The third-order valence-corrected chi connectivity index (χ3v) is 5.58. The molecule has 3 aromatic rings. The smallest absolute Gasteiger partial charge is 0.142 e. The second-order valence-electron chi connectivity index (χ2n) is 7.04. The molecule has 24 heavy (non-hydrogen) atoms. The van der Waals surface area contributed by atoms with Gasteiger partial charge in [0.1, 0.15) is 18.4 Å². The number of nitriles is 1. The first-order valence-electron chi connectivity index (χ1n) is 7.94. The first-order chi connectivity index (χ1) is 11.5. The van der Waals surface area contributed by atoms with Gasteiger partial charge >= 0.3 is 0 Å². The molecule has 0 aromatic carbocycles. The Labute approximate surface area is 142 Å². The molecule has 0 amide bonds. The molecular weight excluding hydrogens is 318 g/mol. The van der Waals surface area contributed by atoms with Crippen LogP contribution in [0.3, 0.4) is 0 Å². The fraction of sp³-hybridized carbons (Fsp3) is 0.353. The highest BCUT2D eigenvalue weighted by Gasteiger charge is 2.15. The van der Waals surface area contributed by atoms with Crippen molar-refractivity contribution < 1.29 is 4.74 Å². The van der Waals surface area contributed by atoms with Crippen LogP contribution in [0.15, 0.2) is 30.7 Å². The van der Waals surface area contributed by atoms with Gasteiger partial charge < -0.3 is 9.30 Å². The van der Waals surface area contributed by atoms with Gasteiger partial charge in [-0.25, -0.2) is 4.98 Å². The molecule has 0 unspecified atom stereocenters. The Bertz CT molecular complexity index is 871. The van der Waals surface area contributed by atoms with E-state index in [1.54, 1.807) is 12.4 Å². The van der Waals surface area contributed by atoms with Crippen molar-refractivity contribution in [2.24, 2.45) is 0 Å². The predicted molar refractivity (Wildman–Crippen MR) is 96.1 cm³/mol. The highest BCUT2D eigenvalue weighted by atomic mass is 28.3. The zero-order valence-electron chi connectivity index (χ0n) is 14.2. The molecule has 0 fully saturated rings. The number of hydrogen-bond acceptors (Lipinski definition) is 4. The summed E-state index contributed by atoms with van der Waals surface area (Å²) in [4.78, 5) is 4.45. The Morgan fingerprint density at radius 3 is 2.79 bits per heavy atom. The van der Waals surface area contributed by atoms with Crippen LogP contribution in [0.1, 0.15) is 5.56 Å². The molecule has 0 saturated heterocycles.